The Hall–Kier alpha value is -2.75. The third-order valence-electron chi connectivity index (χ3n) is 2.68. The summed E-state index contributed by atoms with van der Waals surface area (Å²) in [6.07, 6.45) is 1.97. The maximum Gasteiger partial charge on any atom is 0.373 e. The summed E-state index contributed by atoms with van der Waals surface area (Å²) in [6.45, 7) is 0. The van der Waals surface area contributed by atoms with E-state index in [9.17, 15) is 5.11 Å². The predicted octanol–water partition coefficient (Wildman–Crippen LogP) is 3.77. The summed E-state index contributed by atoms with van der Waals surface area (Å²) in [4.78, 5) is 21.4. The van der Waals surface area contributed by atoms with E-state index in [1.54, 1.807) is 17.6 Å². The van der Waals surface area contributed by atoms with Gasteiger partial charge in [0.05, 0.1) is 10.6 Å². The molecule has 3 aromatic rings. The third kappa shape index (κ3) is 3.63. The zero-order chi connectivity index (χ0) is 15.1. The fraction of sp³-hybridized carbons (Fsp3) is 0. The number of aromatic hydroxyl groups is 1. The summed E-state index contributed by atoms with van der Waals surface area (Å²) in [7, 11) is 0. The lowest BCUT2D eigenvalue weighted by Crippen LogP contribution is -1.73. The van der Waals surface area contributed by atoms with Gasteiger partial charge in [0, 0.05) is 16.3 Å². The van der Waals surface area contributed by atoms with Gasteiger partial charge in [-0.05, 0) is 24.3 Å². The van der Waals surface area contributed by atoms with Crippen molar-refractivity contribution in [3.05, 3.63) is 59.5 Å². The van der Waals surface area contributed by atoms with Crippen LogP contribution in [0.1, 0.15) is 4.88 Å². The number of aliphatic imine (C=N–C) groups is 1. The van der Waals surface area contributed by atoms with Gasteiger partial charge < -0.3 is 5.11 Å². The molecule has 0 atom stereocenters. The van der Waals surface area contributed by atoms with Crippen LogP contribution in [0.5, 0.6) is 5.75 Å². The number of benzene rings is 2. The van der Waals surface area contributed by atoms with Gasteiger partial charge in [-0.3, -0.25) is 4.99 Å². The standard InChI is InChI=1S/C15H11NOS.CO2/c17-15-12-8-4-5-9-13(12)18-14(15)10-16-11-6-2-1-3-7-11;2-1-3/h1-10,17H;. The van der Waals surface area contributed by atoms with Crippen LogP contribution in [0.2, 0.25) is 0 Å². The maximum atomic E-state index is 10.1. The second kappa shape index (κ2) is 7.14. The lowest BCUT2D eigenvalue weighted by Gasteiger charge is -1.92. The molecule has 1 heterocycles. The molecule has 104 valence electrons. The Bertz CT molecular complexity index is 788. The number of fused-ring (bicyclic) bond motifs is 1. The lowest BCUT2D eigenvalue weighted by atomic mass is 10.2. The molecule has 4 nitrogen and oxygen atoms in total. The number of carbonyl (C=O) groups excluding carboxylic acids is 2. The minimum absolute atomic E-state index is 0.250. The van der Waals surface area contributed by atoms with Crippen LogP contribution >= 0.6 is 11.3 Å². The molecular weight excluding hydrogens is 286 g/mol. The number of rotatable bonds is 2. The van der Waals surface area contributed by atoms with Gasteiger partial charge in [-0.25, -0.2) is 0 Å². The van der Waals surface area contributed by atoms with Gasteiger partial charge in [0.1, 0.15) is 5.75 Å². The summed E-state index contributed by atoms with van der Waals surface area (Å²) >= 11 is 1.54. The fourth-order valence-corrected chi connectivity index (χ4v) is 2.76. The molecule has 3 rings (SSSR count). The zero-order valence-electron chi connectivity index (χ0n) is 10.9. The molecule has 0 aliphatic rings. The Morgan fingerprint density at radius 3 is 2.29 bits per heavy atom. The molecule has 1 N–H and O–H groups in total. The average Bonchev–Trinajstić information content (AvgIpc) is 2.84. The highest BCUT2D eigenvalue weighted by molar-refractivity contribution is 7.21. The van der Waals surface area contributed by atoms with E-state index >= 15 is 0 Å². The van der Waals surface area contributed by atoms with E-state index in [0.29, 0.717) is 5.75 Å². The minimum Gasteiger partial charge on any atom is -0.506 e. The van der Waals surface area contributed by atoms with Gasteiger partial charge in [0.2, 0.25) is 0 Å². The van der Waals surface area contributed by atoms with Gasteiger partial charge in [-0.1, -0.05) is 30.3 Å². The molecule has 0 radical (unpaired) electrons. The summed E-state index contributed by atoms with van der Waals surface area (Å²) in [5.74, 6) is 0.315. The number of nitrogens with zero attached hydrogens (tertiary/aromatic N) is 1. The van der Waals surface area contributed by atoms with Crippen molar-refractivity contribution in [2.45, 2.75) is 0 Å². The van der Waals surface area contributed by atoms with Crippen LogP contribution in [0.4, 0.5) is 5.69 Å². The highest BCUT2D eigenvalue weighted by atomic mass is 32.1. The summed E-state index contributed by atoms with van der Waals surface area (Å²) < 4.78 is 1.07. The van der Waals surface area contributed by atoms with Crippen molar-refractivity contribution < 1.29 is 14.7 Å². The minimum atomic E-state index is 0.250. The Morgan fingerprint density at radius 2 is 1.62 bits per heavy atom. The lowest BCUT2D eigenvalue weighted by molar-refractivity contribution is -0.191. The smallest absolute Gasteiger partial charge is 0.373 e. The molecule has 0 aliphatic carbocycles. The molecule has 5 heteroatoms. The fourth-order valence-electron chi connectivity index (χ4n) is 1.79. The van der Waals surface area contributed by atoms with Gasteiger partial charge in [0.15, 0.2) is 0 Å². The largest absolute Gasteiger partial charge is 0.506 e. The number of thiophene rings is 1. The van der Waals surface area contributed by atoms with E-state index in [2.05, 4.69) is 4.99 Å². The van der Waals surface area contributed by atoms with E-state index in [1.165, 1.54) is 0 Å². The van der Waals surface area contributed by atoms with Crippen LogP contribution in [-0.2, 0) is 9.59 Å². The number of hydrogen-bond donors (Lipinski definition) is 1. The average molecular weight is 297 g/mol. The molecule has 2 aromatic carbocycles. The first kappa shape index (κ1) is 14.7. The van der Waals surface area contributed by atoms with Crippen LogP contribution in [-0.4, -0.2) is 17.5 Å². The van der Waals surface area contributed by atoms with Gasteiger partial charge in [0.25, 0.3) is 0 Å². The van der Waals surface area contributed by atoms with Crippen LogP contribution in [0.3, 0.4) is 0 Å². The first-order valence-corrected chi connectivity index (χ1v) is 6.87. The Balaban J connectivity index is 0.000000497. The van der Waals surface area contributed by atoms with Crippen molar-refractivity contribution in [2.75, 3.05) is 0 Å². The van der Waals surface area contributed by atoms with Crippen LogP contribution in [0.25, 0.3) is 10.1 Å². The zero-order valence-corrected chi connectivity index (χ0v) is 11.7. The molecular formula is C16H11NO3S. The van der Waals surface area contributed by atoms with Crippen molar-refractivity contribution in [1.29, 1.82) is 0 Å². The second-order valence-corrected chi connectivity index (χ2v) is 5.07. The molecule has 0 aliphatic heterocycles. The van der Waals surface area contributed by atoms with E-state index in [-0.39, 0.29) is 6.15 Å². The third-order valence-corrected chi connectivity index (χ3v) is 3.78. The summed E-state index contributed by atoms with van der Waals surface area (Å²) in [5.41, 5.74) is 0.884. The summed E-state index contributed by atoms with van der Waals surface area (Å²) in [5, 5.41) is 11.0. The molecule has 0 unspecified atom stereocenters. The summed E-state index contributed by atoms with van der Waals surface area (Å²) in [6, 6.07) is 17.5. The van der Waals surface area contributed by atoms with Gasteiger partial charge in [-0.2, -0.15) is 9.59 Å². The Labute approximate surface area is 125 Å². The van der Waals surface area contributed by atoms with Crippen LogP contribution in [0.15, 0.2) is 59.6 Å². The maximum absolute atomic E-state index is 10.1. The van der Waals surface area contributed by atoms with Crippen molar-refractivity contribution in [3.8, 4) is 5.75 Å². The highest BCUT2D eigenvalue weighted by Crippen LogP contribution is 2.35. The SMILES string of the molecule is O=C=O.Oc1c(C=Nc2ccccc2)sc2ccccc12. The first-order chi connectivity index (χ1) is 10.3. The van der Waals surface area contributed by atoms with E-state index in [1.807, 2.05) is 54.6 Å². The topological polar surface area (TPSA) is 66.7 Å². The molecule has 0 saturated heterocycles. The monoisotopic (exact) mass is 297 g/mol. The van der Waals surface area contributed by atoms with Crippen molar-refractivity contribution >= 4 is 39.5 Å². The highest BCUT2D eigenvalue weighted by Gasteiger charge is 2.08. The van der Waals surface area contributed by atoms with Crippen LogP contribution < -0.4 is 0 Å². The Kier molecular flexibility index (Phi) is 4.99. The molecule has 0 spiro atoms. The van der Waals surface area contributed by atoms with E-state index in [0.717, 1.165) is 20.7 Å². The van der Waals surface area contributed by atoms with Crippen molar-refractivity contribution in [3.63, 3.8) is 0 Å². The molecule has 0 bridgehead atoms. The quantitative estimate of drug-likeness (QED) is 0.732. The van der Waals surface area contributed by atoms with E-state index in [4.69, 9.17) is 9.59 Å². The van der Waals surface area contributed by atoms with Crippen LogP contribution in [0, 0.1) is 0 Å². The van der Waals surface area contributed by atoms with E-state index < -0.39 is 0 Å². The molecule has 1 aromatic heterocycles. The predicted molar refractivity (Wildman–Crippen MR) is 82.2 cm³/mol. The second-order valence-electron chi connectivity index (χ2n) is 3.99. The Morgan fingerprint density at radius 1 is 1.00 bits per heavy atom. The normalized spacial score (nSPS) is 10.1. The van der Waals surface area contributed by atoms with Crippen molar-refractivity contribution in [2.24, 2.45) is 4.99 Å². The molecule has 0 amide bonds. The number of hydrogen-bond acceptors (Lipinski definition) is 5. The first-order valence-electron chi connectivity index (χ1n) is 6.05. The molecule has 0 fully saturated rings. The molecule has 21 heavy (non-hydrogen) atoms. The van der Waals surface area contributed by atoms with Gasteiger partial charge >= 0.3 is 6.15 Å². The van der Waals surface area contributed by atoms with Crippen molar-refractivity contribution in [1.82, 2.24) is 0 Å². The van der Waals surface area contributed by atoms with Gasteiger partial charge in [-0.15, -0.1) is 11.3 Å². The number of para-hydroxylation sites is 1. The molecule has 0 saturated carbocycles.